The average Bonchev–Trinajstić information content (AvgIpc) is 2.88. The summed E-state index contributed by atoms with van der Waals surface area (Å²) in [6.45, 7) is 13.0. The van der Waals surface area contributed by atoms with Crippen LogP contribution in [0.15, 0.2) is 78.0 Å². The van der Waals surface area contributed by atoms with Gasteiger partial charge in [-0.1, -0.05) is 24.3 Å². The molecular weight excluding hydrogens is 467 g/mol. The Labute approximate surface area is 213 Å². The molecule has 8 heteroatoms. The van der Waals surface area contributed by atoms with Gasteiger partial charge in [-0.25, -0.2) is 14.2 Å². The van der Waals surface area contributed by atoms with Gasteiger partial charge < -0.3 is 5.32 Å². The molecule has 1 N–H and O–H groups in total. The van der Waals surface area contributed by atoms with Crippen LogP contribution >= 0.6 is 0 Å². The van der Waals surface area contributed by atoms with E-state index in [1.54, 1.807) is 31.5 Å². The van der Waals surface area contributed by atoms with Gasteiger partial charge in [0.15, 0.2) is 0 Å². The van der Waals surface area contributed by atoms with Crippen molar-refractivity contribution in [2.24, 2.45) is 0 Å². The minimum absolute atomic E-state index is 0.270. The summed E-state index contributed by atoms with van der Waals surface area (Å²) in [4.78, 5) is 30.5. The standard InChI is InChI=1S/C29H23FN6O/c1-17-11-21(15-32-14-17)24-10-5-7-20-12-26(18(2)34-28-25(31-4)16-33-19(3)35-28)36(29(37)27(20)24)23-9-6-8-22(30)13-23/h5-16,18H,1-3H3,(H,33,34,35)/t18-/m0/s1. The van der Waals surface area contributed by atoms with Crippen LogP contribution in [-0.2, 0) is 0 Å². The summed E-state index contributed by atoms with van der Waals surface area (Å²) in [5.74, 6) is 0.432. The Morgan fingerprint density at radius 3 is 2.62 bits per heavy atom. The van der Waals surface area contributed by atoms with Gasteiger partial charge in [-0.3, -0.25) is 19.3 Å². The summed E-state index contributed by atoms with van der Waals surface area (Å²) in [5, 5.41) is 4.51. The van der Waals surface area contributed by atoms with Crippen LogP contribution < -0.4 is 10.9 Å². The van der Waals surface area contributed by atoms with Crippen molar-refractivity contribution in [1.82, 2.24) is 19.5 Å². The molecule has 0 aliphatic carbocycles. The van der Waals surface area contributed by atoms with Crippen molar-refractivity contribution in [3.05, 3.63) is 118 Å². The fourth-order valence-electron chi connectivity index (χ4n) is 4.46. The Kier molecular flexibility index (Phi) is 6.20. The number of hydrogen-bond acceptors (Lipinski definition) is 5. The molecular formula is C29H23FN6O. The monoisotopic (exact) mass is 490 g/mol. The van der Waals surface area contributed by atoms with Gasteiger partial charge in [-0.2, -0.15) is 0 Å². The van der Waals surface area contributed by atoms with E-state index in [0.717, 1.165) is 22.1 Å². The van der Waals surface area contributed by atoms with E-state index in [0.29, 0.717) is 28.4 Å². The van der Waals surface area contributed by atoms with Gasteiger partial charge in [0.05, 0.1) is 23.7 Å². The van der Waals surface area contributed by atoms with Gasteiger partial charge in [0.2, 0.25) is 5.69 Å². The van der Waals surface area contributed by atoms with Gasteiger partial charge >= 0.3 is 0 Å². The molecule has 1 atom stereocenters. The average molecular weight is 491 g/mol. The first-order chi connectivity index (χ1) is 17.9. The van der Waals surface area contributed by atoms with Gasteiger partial charge in [0.1, 0.15) is 17.5 Å². The van der Waals surface area contributed by atoms with Crippen LogP contribution in [-0.4, -0.2) is 19.5 Å². The summed E-state index contributed by atoms with van der Waals surface area (Å²) in [7, 11) is 0. The van der Waals surface area contributed by atoms with Crippen LogP contribution in [0.25, 0.3) is 32.4 Å². The number of rotatable bonds is 5. The molecule has 0 aliphatic heterocycles. The fraction of sp³-hybridized carbons (Fsp3) is 0.138. The molecule has 0 bridgehead atoms. The zero-order chi connectivity index (χ0) is 26.1. The van der Waals surface area contributed by atoms with Gasteiger partial charge in [-0.15, -0.1) is 0 Å². The number of anilines is 1. The lowest BCUT2D eigenvalue weighted by molar-refractivity contribution is 0.625. The molecule has 3 aromatic heterocycles. The lowest BCUT2D eigenvalue weighted by Crippen LogP contribution is -2.26. The van der Waals surface area contributed by atoms with Crippen molar-refractivity contribution in [2.75, 3.05) is 5.32 Å². The van der Waals surface area contributed by atoms with Crippen LogP contribution in [0.5, 0.6) is 0 Å². The molecule has 37 heavy (non-hydrogen) atoms. The maximum absolute atomic E-state index is 14.3. The smallest absolute Gasteiger partial charge is 0.263 e. The van der Waals surface area contributed by atoms with Crippen LogP contribution in [0.1, 0.15) is 30.0 Å². The van der Waals surface area contributed by atoms with E-state index in [2.05, 4.69) is 25.1 Å². The molecule has 7 nitrogen and oxygen atoms in total. The lowest BCUT2D eigenvalue weighted by atomic mass is 9.98. The molecule has 0 spiro atoms. The fourth-order valence-corrected chi connectivity index (χ4v) is 4.46. The molecule has 0 saturated heterocycles. The van der Waals surface area contributed by atoms with Crippen LogP contribution in [0, 0.1) is 26.2 Å². The summed E-state index contributed by atoms with van der Waals surface area (Å²) in [5.41, 5.74) is 3.53. The number of hydrogen-bond donors (Lipinski definition) is 1. The highest BCUT2D eigenvalue weighted by atomic mass is 19.1. The molecule has 0 aliphatic rings. The summed E-state index contributed by atoms with van der Waals surface area (Å²) in [6.07, 6.45) is 4.96. The van der Waals surface area contributed by atoms with E-state index < -0.39 is 11.9 Å². The number of benzene rings is 2. The zero-order valence-corrected chi connectivity index (χ0v) is 20.5. The molecule has 2 aromatic carbocycles. The quantitative estimate of drug-likeness (QED) is 0.292. The van der Waals surface area contributed by atoms with Crippen LogP contribution in [0.3, 0.4) is 0 Å². The molecule has 0 amide bonds. The predicted molar refractivity (Wildman–Crippen MR) is 143 cm³/mol. The van der Waals surface area contributed by atoms with E-state index >= 15 is 0 Å². The largest absolute Gasteiger partial charge is 0.371 e. The minimum Gasteiger partial charge on any atom is -0.371 e. The number of aryl methyl sites for hydroxylation is 2. The van der Waals surface area contributed by atoms with E-state index in [1.807, 2.05) is 44.2 Å². The van der Waals surface area contributed by atoms with Gasteiger partial charge in [-0.05, 0) is 67.6 Å². The third-order valence-corrected chi connectivity index (χ3v) is 6.13. The first kappa shape index (κ1) is 23.8. The summed E-state index contributed by atoms with van der Waals surface area (Å²) >= 11 is 0. The van der Waals surface area contributed by atoms with Crippen molar-refractivity contribution >= 4 is 22.3 Å². The second kappa shape index (κ2) is 9.63. The third-order valence-electron chi connectivity index (χ3n) is 6.13. The second-order valence-corrected chi connectivity index (χ2v) is 8.84. The highest BCUT2D eigenvalue weighted by Crippen LogP contribution is 2.31. The van der Waals surface area contributed by atoms with Crippen molar-refractivity contribution < 1.29 is 4.39 Å². The van der Waals surface area contributed by atoms with E-state index in [9.17, 15) is 9.18 Å². The van der Waals surface area contributed by atoms with Gasteiger partial charge in [0, 0.05) is 29.8 Å². The van der Waals surface area contributed by atoms with E-state index in [1.165, 1.54) is 22.9 Å². The normalized spacial score (nSPS) is 11.8. The maximum atomic E-state index is 14.3. The molecule has 0 fully saturated rings. The van der Waals surface area contributed by atoms with Crippen molar-refractivity contribution in [2.45, 2.75) is 26.8 Å². The van der Waals surface area contributed by atoms with Crippen molar-refractivity contribution in [3.8, 4) is 16.8 Å². The Morgan fingerprint density at radius 1 is 1.05 bits per heavy atom. The molecule has 3 heterocycles. The number of nitrogens with zero attached hydrogens (tertiary/aromatic N) is 5. The topological polar surface area (TPSA) is 77.1 Å². The predicted octanol–water partition coefficient (Wildman–Crippen LogP) is 6.32. The summed E-state index contributed by atoms with van der Waals surface area (Å²) in [6, 6.07) is 15.1. The number of halogens is 1. The third kappa shape index (κ3) is 4.55. The Hall–Kier alpha value is -4.90. The highest BCUT2D eigenvalue weighted by molar-refractivity contribution is 5.96. The molecule has 182 valence electrons. The van der Waals surface area contributed by atoms with Crippen LogP contribution in [0.2, 0.25) is 0 Å². The molecule has 5 aromatic rings. The SMILES string of the molecule is [C-]#[N+]c1cnc(C)nc1N[C@@H](C)c1cc2cccc(-c3cncc(C)c3)c2c(=O)n1-c1cccc(F)c1. The summed E-state index contributed by atoms with van der Waals surface area (Å²) < 4.78 is 15.8. The number of pyridine rings is 2. The molecule has 5 rings (SSSR count). The molecule has 0 radical (unpaired) electrons. The lowest BCUT2D eigenvalue weighted by Gasteiger charge is -2.22. The first-order valence-corrected chi connectivity index (χ1v) is 11.7. The zero-order valence-electron chi connectivity index (χ0n) is 20.5. The molecule has 0 saturated carbocycles. The van der Waals surface area contributed by atoms with E-state index in [-0.39, 0.29) is 11.2 Å². The number of nitrogens with one attached hydrogen (secondary N) is 1. The minimum atomic E-state index is -0.459. The maximum Gasteiger partial charge on any atom is 0.263 e. The Balaban J connectivity index is 1.77. The Morgan fingerprint density at radius 2 is 1.86 bits per heavy atom. The molecule has 0 unspecified atom stereocenters. The number of fused-ring (bicyclic) bond motifs is 1. The first-order valence-electron chi connectivity index (χ1n) is 11.7. The van der Waals surface area contributed by atoms with Crippen molar-refractivity contribution in [1.29, 1.82) is 0 Å². The second-order valence-electron chi connectivity index (χ2n) is 8.84. The van der Waals surface area contributed by atoms with Crippen LogP contribution in [0.4, 0.5) is 15.9 Å². The van der Waals surface area contributed by atoms with Gasteiger partial charge in [0.25, 0.3) is 5.56 Å². The highest BCUT2D eigenvalue weighted by Gasteiger charge is 2.20. The van der Waals surface area contributed by atoms with Crippen molar-refractivity contribution in [3.63, 3.8) is 0 Å². The van der Waals surface area contributed by atoms with E-state index in [4.69, 9.17) is 6.57 Å². The Bertz CT molecular complexity index is 1750. The number of aromatic nitrogens is 4.